The predicted molar refractivity (Wildman–Crippen MR) is 89.6 cm³/mol. The molecule has 0 aromatic carbocycles. The molecule has 0 aromatic heterocycles. The summed E-state index contributed by atoms with van der Waals surface area (Å²) in [4.78, 5) is 24.3. The summed E-state index contributed by atoms with van der Waals surface area (Å²) in [6.45, 7) is 6.15. The zero-order valence-corrected chi connectivity index (χ0v) is 15.2. The van der Waals surface area contributed by atoms with Gasteiger partial charge in [0.1, 0.15) is 11.7 Å². The van der Waals surface area contributed by atoms with Crippen LogP contribution in [0.15, 0.2) is 12.2 Å². The molecule has 140 valence electrons. The third kappa shape index (κ3) is 4.75. The minimum atomic E-state index is -0.702. The van der Waals surface area contributed by atoms with E-state index in [0.717, 1.165) is 19.3 Å². The van der Waals surface area contributed by atoms with E-state index in [1.807, 2.05) is 20.8 Å². The first-order chi connectivity index (χ1) is 11.8. The van der Waals surface area contributed by atoms with Crippen molar-refractivity contribution in [3.8, 4) is 0 Å². The Kier molecular flexibility index (Phi) is 5.37. The second-order valence-electron chi connectivity index (χ2n) is 8.15. The summed E-state index contributed by atoms with van der Waals surface area (Å²) in [5.74, 6) is 0.0965. The van der Waals surface area contributed by atoms with Crippen LogP contribution in [0.25, 0.3) is 0 Å². The molecule has 3 rings (SSSR count). The molecule has 1 saturated carbocycles. The molecule has 2 fully saturated rings. The Morgan fingerprint density at radius 2 is 1.88 bits per heavy atom. The van der Waals surface area contributed by atoms with Gasteiger partial charge in [-0.05, 0) is 46.0 Å². The Labute approximate surface area is 148 Å². The summed E-state index contributed by atoms with van der Waals surface area (Å²) >= 11 is 0. The smallest absolute Gasteiger partial charge is 0.460 e. The number of rotatable bonds is 4. The average molecular weight is 352 g/mol. The Morgan fingerprint density at radius 1 is 1.12 bits per heavy atom. The van der Waals surface area contributed by atoms with Crippen molar-refractivity contribution in [2.24, 2.45) is 17.8 Å². The van der Waals surface area contributed by atoms with Gasteiger partial charge >= 0.3 is 12.1 Å². The lowest BCUT2D eigenvalue weighted by molar-refractivity contribution is -0.160. The van der Waals surface area contributed by atoms with Crippen molar-refractivity contribution in [1.82, 2.24) is 0 Å². The van der Waals surface area contributed by atoms with Crippen LogP contribution in [0, 0.1) is 17.8 Å². The quantitative estimate of drug-likeness (QED) is 0.569. The normalized spacial score (nSPS) is 34.0. The number of allylic oxidation sites excluding steroid dienone is 1. The van der Waals surface area contributed by atoms with Crippen LogP contribution in [0.2, 0.25) is 0 Å². The first-order valence-corrected chi connectivity index (χ1v) is 9.21. The van der Waals surface area contributed by atoms with E-state index in [1.54, 1.807) is 0 Å². The second kappa shape index (κ2) is 7.36. The van der Waals surface area contributed by atoms with E-state index in [9.17, 15) is 9.59 Å². The summed E-state index contributed by atoms with van der Waals surface area (Å²) < 4.78 is 21.7. The van der Waals surface area contributed by atoms with Gasteiger partial charge in [-0.3, -0.25) is 4.79 Å². The van der Waals surface area contributed by atoms with Crippen molar-refractivity contribution in [3.05, 3.63) is 12.2 Å². The van der Waals surface area contributed by atoms with Gasteiger partial charge in [0.05, 0.1) is 13.0 Å². The number of carbonyl (C=O) groups is 2. The van der Waals surface area contributed by atoms with Crippen molar-refractivity contribution in [2.75, 3.05) is 6.61 Å². The van der Waals surface area contributed by atoms with Crippen LogP contribution in [-0.2, 0) is 23.7 Å². The van der Waals surface area contributed by atoms with Gasteiger partial charge in [0.15, 0.2) is 0 Å². The van der Waals surface area contributed by atoms with Crippen molar-refractivity contribution < 1.29 is 28.5 Å². The molecule has 0 N–H and O–H groups in total. The molecule has 2 aliphatic carbocycles. The van der Waals surface area contributed by atoms with Crippen molar-refractivity contribution in [3.63, 3.8) is 0 Å². The lowest BCUT2D eigenvalue weighted by Gasteiger charge is -2.29. The zero-order chi connectivity index (χ0) is 18.0. The third-order valence-corrected chi connectivity index (χ3v) is 4.96. The minimum absolute atomic E-state index is 0.0512. The van der Waals surface area contributed by atoms with Gasteiger partial charge in [-0.25, -0.2) is 4.79 Å². The molecule has 1 heterocycles. The largest absolute Gasteiger partial charge is 0.510 e. The molecule has 0 spiro atoms. The minimum Gasteiger partial charge on any atom is -0.460 e. The first-order valence-electron chi connectivity index (χ1n) is 9.21. The van der Waals surface area contributed by atoms with Gasteiger partial charge < -0.3 is 18.9 Å². The SMILES string of the molecule is CC(C)(C)OC(=O)CC1C2C=CC(C2)C1OC(=O)OC1CCCCO1. The number of fused-ring (bicyclic) bond motifs is 2. The van der Waals surface area contributed by atoms with Crippen LogP contribution in [0.5, 0.6) is 0 Å². The molecule has 5 unspecified atom stereocenters. The maximum absolute atomic E-state index is 12.2. The third-order valence-electron chi connectivity index (χ3n) is 4.96. The molecule has 0 amide bonds. The average Bonchev–Trinajstić information content (AvgIpc) is 3.09. The first kappa shape index (κ1) is 18.2. The molecule has 3 aliphatic rings. The van der Waals surface area contributed by atoms with Crippen LogP contribution < -0.4 is 0 Å². The van der Waals surface area contributed by atoms with Gasteiger partial charge in [0.2, 0.25) is 6.29 Å². The number of hydrogen-bond acceptors (Lipinski definition) is 6. The fourth-order valence-electron chi connectivity index (χ4n) is 3.95. The Bertz CT molecular complexity index is 529. The van der Waals surface area contributed by atoms with Gasteiger partial charge in [-0.15, -0.1) is 0 Å². The molecule has 6 heteroatoms. The van der Waals surface area contributed by atoms with Gasteiger partial charge in [0.25, 0.3) is 0 Å². The summed E-state index contributed by atoms with van der Waals surface area (Å²) in [6, 6.07) is 0. The number of ether oxygens (including phenoxy) is 4. The van der Waals surface area contributed by atoms with Crippen LogP contribution in [0.3, 0.4) is 0 Å². The van der Waals surface area contributed by atoms with E-state index in [0.29, 0.717) is 13.0 Å². The number of carbonyl (C=O) groups excluding carboxylic acids is 2. The van der Waals surface area contributed by atoms with Crippen LogP contribution in [-0.4, -0.2) is 36.7 Å². The van der Waals surface area contributed by atoms with Crippen molar-refractivity contribution >= 4 is 12.1 Å². The summed E-state index contributed by atoms with van der Waals surface area (Å²) in [5, 5.41) is 0. The Hall–Kier alpha value is -1.56. The van der Waals surface area contributed by atoms with E-state index in [2.05, 4.69) is 12.2 Å². The summed E-state index contributed by atoms with van der Waals surface area (Å²) in [5.41, 5.74) is -0.516. The summed E-state index contributed by atoms with van der Waals surface area (Å²) in [6.07, 6.45) is 6.48. The van der Waals surface area contributed by atoms with Crippen LogP contribution in [0.4, 0.5) is 4.79 Å². The number of hydrogen-bond donors (Lipinski definition) is 0. The fraction of sp³-hybridized carbons (Fsp3) is 0.789. The molecule has 25 heavy (non-hydrogen) atoms. The van der Waals surface area contributed by atoms with Crippen LogP contribution >= 0.6 is 0 Å². The van der Waals surface area contributed by atoms with E-state index < -0.39 is 18.0 Å². The molecule has 6 nitrogen and oxygen atoms in total. The fourth-order valence-corrected chi connectivity index (χ4v) is 3.95. The van der Waals surface area contributed by atoms with Crippen molar-refractivity contribution in [2.45, 2.75) is 70.9 Å². The van der Waals surface area contributed by atoms with E-state index in [-0.39, 0.29) is 36.2 Å². The molecule has 0 radical (unpaired) electrons. The monoisotopic (exact) mass is 352 g/mol. The van der Waals surface area contributed by atoms with Crippen molar-refractivity contribution in [1.29, 1.82) is 0 Å². The van der Waals surface area contributed by atoms with Gasteiger partial charge in [-0.2, -0.15) is 0 Å². The van der Waals surface area contributed by atoms with E-state index >= 15 is 0 Å². The highest BCUT2D eigenvalue weighted by Crippen LogP contribution is 2.47. The molecular formula is C19H28O6. The maximum atomic E-state index is 12.2. The highest BCUT2D eigenvalue weighted by molar-refractivity contribution is 5.70. The zero-order valence-electron chi connectivity index (χ0n) is 15.2. The topological polar surface area (TPSA) is 71.1 Å². The Morgan fingerprint density at radius 3 is 2.56 bits per heavy atom. The predicted octanol–water partition coefficient (Wildman–Crippen LogP) is 3.59. The molecular weight excluding hydrogens is 324 g/mol. The van der Waals surface area contributed by atoms with E-state index in [1.165, 1.54) is 0 Å². The molecule has 1 aliphatic heterocycles. The molecule has 5 atom stereocenters. The summed E-state index contributed by atoms with van der Waals surface area (Å²) in [7, 11) is 0. The number of esters is 1. The second-order valence-corrected chi connectivity index (χ2v) is 8.15. The maximum Gasteiger partial charge on any atom is 0.510 e. The molecule has 0 aromatic rings. The molecule has 1 saturated heterocycles. The highest BCUT2D eigenvalue weighted by Gasteiger charge is 2.48. The standard InChI is InChI=1S/C19H28O6/c1-19(2,3)25-15(20)11-14-12-7-8-13(10-12)17(14)24-18(21)23-16-6-4-5-9-22-16/h7-8,12-14,16-17H,4-6,9-11H2,1-3H3. The van der Waals surface area contributed by atoms with Gasteiger partial charge in [0, 0.05) is 18.3 Å². The van der Waals surface area contributed by atoms with Crippen LogP contribution in [0.1, 0.15) is 52.9 Å². The van der Waals surface area contributed by atoms with E-state index in [4.69, 9.17) is 18.9 Å². The lowest BCUT2D eigenvalue weighted by Crippen LogP contribution is -2.35. The highest BCUT2D eigenvalue weighted by atomic mass is 16.8. The Balaban J connectivity index is 1.56. The lowest BCUT2D eigenvalue weighted by atomic mass is 9.88. The van der Waals surface area contributed by atoms with Gasteiger partial charge in [-0.1, -0.05) is 12.2 Å². The molecule has 2 bridgehead atoms.